The van der Waals surface area contributed by atoms with E-state index >= 15 is 0 Å². The van der Waals surface area contributed by atoms with E-state index in [1.54, 1.807) is 0 Å². The molecule has 3 N–H and O–H groups in total. The lowest BCUT2D eigenvalue weighted by Gasteiger charge is -2.40. The molecule has 1 heterocycles. The van der Waals surface area contributed by atoms with Crippen molar-refractivity contribution in [3.8, 4) is 0 Å². The van der Waals surface area contributed by atoms with Gasteiger partial charge in [0.25, 0.3) is 0 Å². The van der Waals surface area contributed by atoms with Gasteiger partial charge < -0.3 is 39.0 Å². The molecule has 0 aliphatic carbocycles. The molecule has 73 heavy (non-hydrogen) atoms. The van der Waals surface area contributed by atoms with Crippen LogP contribution in [0.4, 0.5) is 0 Å². The van der Waals surface area contributed by atoms with Gasteiger partial charge in [0.1, 0.15) is 18.8 Å². The van der Waals surface area contributed by atoms with Crippen molar-refractivity contribution in [2.45, 2.75) is 289 Å². The number of carboxylic acid groups (broad SMARTS) is 1. The van der Waals surface area contributed by atoms with Gasteiger partial charge in [0, 0.05) is 19.3 Å². The normalized spacial score (nSPS) is 18.7. The fourth-order valence-electron chi connectivity index (χ4n) is 8.59. The number of esters is 3. The predicted molar refractivity (Wildman–Crippen MR) is 294 cm³/mol. The molecule has 0 bridgehead atoms. The second kappa shape index (κ2) is 49.3. The van der Waals surface area contributed by atoms with Crippen molar-refractivity contribution >= 4 is 23.9 Å². The number of aliphatic carboxylic acids is 1. The predicted octanol–water partition coefficient (Wildman–Crippen LogP) is 14.8. The molecule has 6 unspecified atom stereocenters. The molecule has 0 saturated carbocycles. The topological polar surface area (TPSA) is 175 Å². The highest BCUT2D eigenvalue weighted by Crippen LogP contribution is 2.26. The smallest absolute Gasteiger partial charge is 0.335 e. The maximum Gasteiger partial charge on any atom is 0.335 e. The number of hydrogen-bond acceptors (Lipinski definition) is 11. The molecule has 0 spiro atoms. The SMILES string of the molecule is CC/C=C\C/C=C\C/C=C\CCCCCCCCCC(=O)OCC(COC1OC(C(=O)O)C(O)C(O)C1OC(=O)CCCCCCCCCCC)OC(=O)CCCCCCCCC/C=C\C/C=C\CCCCC. The average Bonchev–Trinajstić information content (AvgIpc) is 3.37. The highest BCUT2D eigenvalue weighted by molar-refractivity contribution is 5.74. The monoisotopic (exact) mass is 1030 g/mol. The van der Waals surface area contributed by atoms with Gasteiger partial charge in [-0.25, -0.2) is 4.79 Å². The lowest BCUT2D eigenvalue weighted by molar-refractivity contribution is -0.301. The lowest BCUT2D eigenvalue weighted by atomic mass is 9.98. The molecule has 0 radical (unpaired) electrons. The summed E-state index contributed by atoms with van der Waals surface area (Å²) < 4.78 is 28.4. The van der Waals surface area contributed by atoms with Gasteiger partial charge >= 0.3 is 23.9 Å². The number of hydrogen-bond donors (Lipinski definition) is 3. The molecule has 12 heteroatoms. The van der Waals surface area contributed by atoms with Crippen molar-refractivity contribution < 1.29 is 58.2 Å². The first-order chi connectivity index (χ1) is 35.6. The Labute approximate surface area is 443 Å². The van der Waals surface area contributed by atoms with Crippen molar-refractivity contribution in [1.29, 1.82) is 0 Å². The van der Waals surface area contributed by atoms with Gasteiger partial charge in [-0.2, -0.15) is 0 Å². The molecule has 6 atom stereocenters. The Balaban J connectivity index is 2.68. The zero-order valence-electron chi connectivity index (χ0n) is 46.1. The number of unbranched alkanes of at least 4 members (excludes halogenated alkanes) is 25. The van der Waals surface area contributed by atoms with Gasteiger partial charge in [-0.05, 0) is 83.5 Å². The first-order valence-corrected chi connectivity index (χ1v) is 29.3. The van der Waals surface area contributed by atoms with Crippen LogP contribution >= 0.6 is 0 Å². The second-order valence-corrected chi connectivity index (χ2v) is 19.9. The van der Waals surface area contributed by atoms with Gasteiger partial charge in [-0.15, -0.1) is 0 Å². The molecule has 12 nitrogen and oxygen atoms in total. The van der Waals surface area contributed by atoms with E-state index in [4.69, 9.17) is 23.7 Å². The molecular formula is C61H104O12. The summed E-state index contributed by atoms with van der Waals surface area (Å²) in [6, 6.07) is 0. The van der Waals surface area contributed by atoms with Crippen LogP contribution in [0.1, 0.15) is 252 Å². The quantitative estimate of drug-likeness (QED) is 0.0228. The molecule has 0 amide bonds. The molecule has 1 aliphatic heterocycles. The third kappa shape index (κ3) is 39.5. The highest BCUT2D eigenvalue weighted by Gasteiger charge is 2.50. The fraction of sp³-hybridized carbons (Fsp3) is 0.770. The Morgan fingerprint density at radius 2 is 0.863 bits per heavy atom. The first-order valence-electron chi connectivity index (χ1n) is 29.3. The zero-order chi connectivity index (χ0) is 53.3. The molecule has 0 aromatic rings. The summed E-state index contributed by atoms with van der Waals surface area (Å²) in [4.78, 5) is 51.0. The van der Waals surface area contributed by atoms with E-state index in [0.29, 0.717) is 19.3 Å². The third-order valence-electron chi connectivity index (χ3n) is 13.1. The van der Waals surface area contributed by atoms with Gasteiger partial charge in [0.15, 0.2) is 24.6 Å². The van der Waals surface area contributed by atoms with Crippen LogP contribution in [0.3, 0.4) is 0 Å². The van der Waals surface area contributed by atoms with Crippen LogP contribution in [-0.4, -0.2) is 89.2 Å². The largest absolute Gasteiger partial charge is 0.479 e. The van der Waals surface area contributed by atoms with Crippen LogP contribution < -0.4 is 0 Å². The second-order valence-electron chi connectivity index (χ2n) is 19.9. The van der Waals surface area contributed by atoms with Gasteiger partial charge in [0.2, 0.25) is 0 Å². The number of carboxylic acids is 1. The number of carbonyl (C=O) groups is 4. The fourth-order valence-corrected chi connectivity index (χ4v) is 8.59. The maximum atomic E-state index is 13.1. The van der Waals surface area contributed by atoms with Gasteiger partial charge in [-0.1, -0.05) is 210 Å². The summed E-state index contributed by atoms with van der Waals surface area (Å²) in [5.41, 5.74) is 0. The van der Waals surface area contributed by atoms with Crippen molar-refractivity contribution in [3.63, 3.8) is 0 Å². The number of carbonyl (C=O) groups excluding carboxylic acids is 3. The Morgan fingerprint density at radius 1 is 0.466 bits per heavy atom. The number of allylic oxidation sites excluding steroid dienone is 10. The van der Waals surface area contributed by atoms with Crippen molar-refractivity contribution in [3.05, 3.63) is 60.8 Å². The maximum absolute atomic E-state index is 13.1. The molecular weight excluding hydrogens is 925 g/mol. The molecule has 1 aliphatic rings. The highest BCUT2D eigenvalue weighted by atomic mass is 16.7. The number of rotatable bonds is 49. The summed E-state index contributed by atoms with van der Waals surface area (Å²) in [5.74, 6) is -3.13. The van der Waals surface area contributed by atoms with Crippen LogP contribution in [0.25, 0.3) is 0 Å². The third-order valence-corrected chi connectivity index (χ3v) is 13.1. The minimum atomic E-state index is -1.90. The number of ether oxygens (including phenoxy) is 5. The minimum absolute atomic E-state index is 0.0594. The number of aliphatic hydroxyl groups is 2. The van der Waals surface area contributed by atoms with Gasteiger partial charge in [-0.3, -0.25) is 14.4 Å². The Hall–Kier alpha value is -3.58. The molecule has 1 fully saturated rings. The van der Waals surface area contributed by atoms with Gasteiger partial charge in [0.05, 0.1) is 6.61 Å². The summed E-state index contributed by atoms with van der Waals surface area (Å²) in [5, 5.41) is 31.4. The van der Waals surface area contributed by atoms with E-state index in [9.17, 15) is 34.5 Å². The Morgan fingerprint density at radius 3 is 1.34 bits per heavy atom. The standard InChI is InChI=1S/C61H104O12/c1-4-7-10-13-16-19-21-23-25-27-29-31-33-36-38-41-44-47-53(62)69-50-52(71-54(63)48-45-42-40-37-34-32-30-28-26-24-22-20-17-14-11-8-5-2)51-70-61-59(57(66)56(65)58(73-61)60(67)68)72-55(64)49-46-43-39-35-18-15-12-9-6-3/h7,10,16-17,19-20,23-26,52,56-59,61,65-66H,4-6,8-9,11-15,18,21-22,27-51H2,1-3H3,(H,67,68)/b10-7-,19-16-,20-17-,25-23-,26-24-. The minimum Gasteiger partial charge on any atom is -0.479 e. The summed E-state index contributed by atoms with van der Waals surface area (Å²) in [7, 11) is 0. The van der Waals surface area contributed by atoms with E-state index in [2.05, 4.69) is 81.5 Å². The zero-order valence-corrected chi connectivity index (χ0v) is 46.1. The van der Waals surface area contributed by atoms with Crippen molar-refractivity contribution in [1.82, 2.24) is 0 Å². The molecule has 0 aromatic carbocycles. The van der Waals surface area contributed by atoms with Crippen molar-refractivity contribution in [2.75, 3.05) is 13.2 Å². The Kier molecular flexibility index (Phi) is 45.5. The average molecular weight is 1030 g/mol. The summed E-state index contributed by atoms with van der Waals surface area (Å²) >= 11 is 0. The molecule has 0 aromatic heterocycles. The van der Waals surface area contributed by atoms with Crippen molar-refractivity contribution in [2.24, 2.45) is 0 Å². The van der Waals surface area contributed by atoms with E-state index in [0.717, 1.165) is 122 Å². The first kappa shape index (κ1) is 67.4. The van der Waals surface area contributed by atoms with E-state index < -0.39 is 67.3 Å². The summed E-state index contributed by atoms with van der Waals surface area (Å²) in [6.07, 6.45) is 47.7. The summed E-state index contributed by atoms with van der Waals surface area (Å²) in [6.45, 7) is 5.81. The van der Waals surface area contributed by atoms with E-state index in [1.165, 1.54) is 70.6 Å². The van der Waals surface area contributed by atoms with Crippen LogP contribution in [0, 0.1) is 0 Å². The molecule has 1 rings (SSSR count). The lowest BCUT2D eigenvalue weighted by Crippen LogP contribution is -2.61. The van der Waals surface area contributed by atoms with E-state index in [1.807, 2.05) is 0 Å². The van der Waals surface area contributed by atoms with Crippen LogP contribution in [0.5, 0.6) is 0 Å². The number of aliphatic hydroxyl groups excluding tert-OH is 2. The Bertz CT molecular complexity index is 1500. The molecule has 1 saturated heterocycles. The van der Waals surface area contributed by atoms with Crippen LogP contribution in [0.2, 0.25) is 0 Å². The van der Waals surface area contributed by atoms with E-state index in [-0.39, 0.29) is 25.9 Å². The van der Waals surface area contributed by atoms with Crippen LogP contribution in [0.15, 0.2) is 60.8 Å². The molecule has 420 valence electrons. The van der Waals surface area contributed by atoms with Crippen LogP contribution in [-0.2, 0) is 42.9 Å².